The number of fused-ring (bicyclic) bond motifs is 1. The molecule has 0 fully saturated rings. The van der Waals surface area contributed by atoms with Gasteiger partial charge < -0.3 is 9.64 Å². The number of benzene rings is 1. The topological polar surface area (TPSA) is 60.2 Å². The van der Waals surface area contributed by atoms with Crippen LogP contribution in [-0.4, -0.2) is 39.2 Å². The van der Waals surface area contributed by atoms with Crippen LogP contribution in [0.25, 0.3) is 11.3 Å². The molecule has 9 heteroatoms. The molecule has 0 aliphatic carbocycles. The second-order valence-corrected chi connectivity index (χ2v) is 7.43. The van der Waals surface area contributed by atoms with Crippen LogP contribution < -0.4 is 4.74 Å². The van der Waals surface area contributed by atoms with E-state index in [2.05, 4.69) is 10.1 Å². The van der Waals surface area contributed by atoms with E-state index < -0.39 is 11.7 Å². The molecule has 0 saturated carbocycles. The van der Waals surface area contributed by atoms with Gasteiger partial charge in [-0.3, -0.25) is 14.5 Å². The first kappa shape index (κ1) is 20.9. The summed E-state index contributed by atoms with van der Waals surface area (Å²) in [7, 11) is 1.55. The number of amides is 1. The van der Waals surface area contributed by atoms with Crippen LogP contribution in [0.5, 0.6) is 5.75 Å². The maximum Gasteiger partial charge on any atom is 0.416 e. The van der Waals surface area contributed by atoms with Crippen LogP contribution in [0.15, 0.2) is 42.7 Å². The molecule has 3 heterocycles. The van der Waals surface area contributed by atoms with Gasteiger partial charge in [0.05, 0.1) is 31.1 Å². The quantitative estimate of drug-likeness (QED) is 0.630. The van der Waals surface area contributed by atoms with E-state index in [0.29, 0.717) is 43.1 Å². The van der Waals surface area contributed by atoms with Crippen LogP contribution in [0, 0.1) is 0 Å². The number of methoxy groups -OCH3 is 1. The Morgan fingerprint density at radius 3 is 2.74 bits per heavy atom. The molecule has 1 amide bonds. The number of pyridine rings is 1. The molecule has 0 atom stereocenters. The van der Waals surface area contributed by atoms with Gasteiger partial charge in [0.15, 0.2) is 0 Å². The fourth-order valence-electron chi connectivity index (χ4n) is 3.80. The van der Waals surface area contributed by atoms with Gasteiger partial charge in [-0.25, -0.2) is 0 Å². The lowest BCUT2D eigenvalue weighted by Crippen LogP contribution is -2.34. The highest BCUT2D eigenvalue weighted by Gasteiger charge is 2.32. The van der Waals surface area contributed by atoms with Crippen molar-refractivity contribution in [1.29, 1.82) is 0 Å². The fraction of sp³-hybridized carbons (Fsp3) is 0.318. The Morgan fingerprint density at radius 2 is 2.03 bits per heavy atom. The molecule has 162 valence electrons. The molecule has 1 aliphatic heterocycles. The van der Waals surface area contributed by atoms with E-state index >= 15 is 0 Å². The lowest BCUT2D eigenvalue weighted by Gasteiger charge is -2.27. The number of carbonyl (C=O) groups excluding carboxylic acids is 1. The van der Waals surface area contributed by atoms with Crippen LogP contribution >= 0.6 is 0 Å². The first-order chi connectivity index (χ1) is 14.8. The van der Waals surface area contributed by atoms with Crippen molar-refractivity contribution < 1.29 is 22.7 Å². The van der Waals surface area contributed by atoms with Gasteiger partial charge in [0.1, 0.15) is 5.75 Å². The summed E-state index contributed by atoms with van der Waals surface area (Å²) in [5.41, 5.74) is 2.64. The predicted molar refractivity (Wildman–Crippen MR) is 107 cm³/mol. The Hall–Kier alpha value is -3.36. The monoisotopic (exact) mass is 430 g/mol. The molecule has 6 nitrogen and oxygen atoms in total. The summed E-state index contributed by atoms with van der Waals surface area (Å²) in [6.45, 7) is 2.73. The maximum atomic E-state index is 13.3. The van der Waals surface area contributed by atoms with Gasteiger partial charge in [-0.1, -0.05) is 12.1 Å². The first-order valence-corrected chi connectivity index (χ1v) is 9.76. The van der Waals surface area contributed by atoms with E-state index in [9.17, 15) is 18.0 Å². The Labute approximate surface area is 177 Å². The van der Waals surface area contributed by atoms with Gasteiger partial charge in [0.25, 0.3) is 0 Å². The van der Waals surface area contributed by atoms with Gasteiger partial charge in [-0.05, 0) is 23.8 Å². The van der Waals surface area contributed by atoms with Gasteiger partial charge in [-0.15, -0.1) is 0 Å². The summed E-state index contributed by atoms with van der Waals surface area (Å²) < 4.78 is 46.8. The molecular formula is C22H21F3N4O2. The lowest BCUT2D eigenvalue weighted by molar-refractivity contribution is -0.137. The SMILES string of the molecule is COc1cncc(Cn2nc(-c3cccc(C(F)(F)F)c3)c3c2CCN(C(C)=O)C3)c1. The standard InChI is InChI=1S/C22H21F3N4O2/c1-14(30)28-7-6-20-19(13-28)21(16-4-3-5-17(9-16)22(23,24)25)27-29(20)12-15-8-18(31-2)11-26-10-15/h3-5,8-11H,6-7,12-13H2,1-2H3. The van der Waals surface area contributed by atoms with E-state index in [-0.39, 0.29) is 5.91 Å². The number of carbonyl (C=O) groups is 1. The van der Waals surface area contributed by atoms with Gasteiger partial charge >= 0.3 is 6.18 Å². The molecule has 31 heavy (non-hydrogen) atoms. The van der Waals surface area contributed by atoms with Crippen molar-refractivity contribution in [3.63, 3.8) is 0 Å². The predicted octanol–water partition coefficient (Wildman–Crippen LogP) is 3.93. The molecule has 0 N–H and O–H groups in total. The number of aromatic nitrogens is 3. The Bertz CT molecular complexity index is 1120. The van der Waals surface area contributed by atoms with Crippen molar-refractivity contribution in [1.82, 2.24) is 19.7 Å². The Kier molecular flexibility index (Phi) is 5.43. The van der Waals surface area contributed by atoms with Crippen LogP contribution in [0.2, 0.25) is 0 Å². The van der Waals surface area contributed by atoms with E-state index in [1.165, 1.54) is 13.0 Å². The molecule has 1 aliphatic rings. The third kappa shape index (κ3) is 4.26. The summed E-state index contributed by atoms with van der Waals surface area (Å²) in [5, 5.41) is 4.67. The zero-order valence-corrected chi connectivity index (χ0v) is 17.1. The smallest absolute Gasteiger partial charge is 0.416 e. The highest BCUT2D eigenvalue weighted by Crippen LogP contribution is 2.35. The van der Waals surface area contributed by atoms with Crippen LogP contribution in [0.3, 0.4) is 0 Å². The Balaban J connectivity index is 1.79. The Morgan fingerprint density at radius 1 is 1.23 bits per heavy atom. The number of rotatable bonds is 4. The minimum atomic E-state index is -4.45. The summed E-state index contributed by atoms with van der Waals surface area (Å²) in [6, 6.07) is 6.97. The van der Waals surface area contributed by atoms with Crippen molar-refractivity contribution >= 4 is 5.91 Å². The molecule has 0 bridgehead atoms. The average Bonchev–Trinajstić information content (AvgIpc) is 3.11. The second kappa shape index (κ2) is 8.05. The van der Waals surface area contributed by atoms with Crippen LogP contribution in [0.1, 0.15) is 29.3 Å². The zero-order valence-electron chi connectivity index (χ0n) is 17.1. The molecule has 2 aromatic heterocycles. The summed E-state index contributed by atoms with van der Waals surface area (Å²) in [5.74, 6) is 0.532. The molecule has 0 unspecified atom stereocenters. The molecule has 0 radical (unpaired) electrons. The zero-order chi connectivity index (χ0) is 22.2. The number of hydrogen-bond acceptors (Lipinski definition) is 4. The molecule has 3 aromatic rings. The minimum absolute atomic E-state index is 0.0783. The third-order valence-corrected chi connectivity index (χ3v) is 5.38. The van der Waals surface area contributed by atoms with E-state index in [1.54, 1.807) is 35.2 Å². The van der Waals surface area contributed by atoms with Crippen molar-refractivity contribution in [2.45, 2.75) is 32.6 Å². The second-order valence-electron chi connectivity index (χ2n) is 7.43. The van der Waals surface area contributed by atoms with Gasteiger partial charge in [-0.2, -0.15) is 18.3 Å². The maximum absolute atomic E-state index is 13.3. The minimum Gasteiger partial charge on any atom is -0.495 e. The first-order valence-electron chi connectivity index (χ1n) is 9.76. The number of hydrogen-bond donors (Lipinski definition) is 0. The summed E-state index contributed by atoms with van der Waals surface area (Å²) in [6.07, 6.45) is -0.583. The van der Waals surface area contributed by atoms with Crippen LogP contribution in [0.4, 0.5) is 13.2 Å². The largest absolute Gasteiger partial charge is 0.495 e. The van der Waals surface area contributed by atoms with E-state index in [1.807, 2.05) is 6.07 Å². The number of nitrogens with zero attached hydrogens (tertiary/aromatic N) is 4. The third-order valence-electron chi connectivity index (χ3n) is 5.38. The fourth-order valence-corrected chi connectivity index (χ4v) is 3.80. The highest BCUT2D eigenvalue weighted by molar-refractivity contribution is 5.74. The summed E-state index contributed by atoms with van der Waals surface area (Å²) >= 11 is 0. The average molecular weight is 430 g/mol. The molecule has 1 aromatic carbocycles. The van der Waals surface area contributed by atoms with Crippen molar-refractivity contribution in [3.05, 3.63) is 65.1 Å². The number of halogens is 3. The highest BCUT2D eigenvalue weighted by atomic mass is 19.4. The van der Waals surface area contributed by atoms with E-state index in [0.717, 1.165) is 29.0 Å². The van der Waals surface area contributed by atoms with Gasteiger partial charge in [0, 0.05) is 49.5 Å². The van der Waals surface area contributed by atoms with Gasteiger partial charge in [0.2, 0.25) is 5.91 Å². The number of alkyl halides is 3. The summed E-state index contributed by atoms with van der Waals surface area (Å²) in [4.78, 5) is 17.8. The molecule has 0 spiro atoms. The van der Waals surface area contributed by atoms with Crippen molar-refractivity contribution in [2.75, 3.05) is 13.7 Å². The van der Waals surface area contributed by atoms with Crippen molar-refractivity contribution in [2.24, 2.45) is 0 Å². The molecule has 0 saturated heterocycles. The molecule has 4 rings (SSSR count). The number of ether oxygens (including phenoxy) is 1. The van der Waals surface area contributed by atoms with E-state index in [4.69, 9.17) is 4.74 Å². The lowest BCUT2D eigenvalue weighted by atomic mass is 9.99. The van der Waals surface area contributed by atoms with Crippen LogP contribution in [-0.2, 0) is 30.5 Å². The molecular weight excluding hydrogens is 409 g/mol. The normalized spacial score (nSPS) is 13.8. The van der Waals surface area contributed by atoms with Crippen molar-refractivity contribution in [3.8, 4) is 17.0 Å².